The van der Waals surface area contributed by atoms with E-state index in [1.165, 1.54) is 25.7 Å². The third kappa shape index (κ3) is 6.56. The highest BCUT2D eigenvalue weighted by Gasteiger charge is 2.41. The van der Waals surface area contributed by atoms with Gasteiger partial charge in [0.1, 0.15) is 11.7 Å². The van der Waals surface area contributed by atoms with Crippen molar-refractivity contribution in [2.45, 2.75) is 97.2 Å². The Bertz CT molecular complexity index is 393. The van der Waals surface area contributed by atoms with Crippen molar-refractivity contribution in [3.63, 3.8) is 0 Å². The molecule has 0 aliphatic carbocycles. The van der Waals surface area contributed by atoms with E-state index in [0.717, 1.165) is 31.6 Å². The van der Waals surface area contributed by atoms with Crippen molar-refractivity contribution >= 4 is 5.97 Å². The number of carboxylic acids is 1. The minimum atomic E-state index is -0.830. The molecule has 1 aliphatic heterocycles. The molecule has 1 heterocycles. The maximum Gasteiger partial charge on any atom is 0.306 e. The van der Waals surface area contributed by atoms with Crippen molar-refractivity contribution < 1.29 is 19.7 Å². The topological polar surface area (TPSA) is 55.8 Å². The van der Waals surface area contributed by atoms with Crippen molar-refractivity contribution in [3.8, 4) is 0 Å². The molecular weight excluding hydrogens is 304 g/mol. The van der Waals surface area contributed by atoms with E-state index in [2.05, 4.69) is 39.8 Å². The molecule has 1 rings (SSSR count). The first kappa shape index (κ1) is 21.2. The average Bonchev–Trinajstić information content (AvgIpc) is 2.58. The Morgan fingerprint density at radius 2 is 2.08 bits per heavy atom. The molecule has 4 nitrogen and oxygen atoms in total. The Labute approximate surface area is 147 Å². The highest BCUT2D eigenvalue weighted by atomic mass is 17.2. The largest absolute Gasteiger partial charge is 0.481 e. The quantitative estimate of drug-likeness (QED) is 0.397. The molecule has 0 aromatic carbocycles. The smallest absolute Gasteiger partial charge is 0.306 e. The molecule has 4 atom stereocenters. The molecule has 0 aromatic heterocycles. The number of hydrogen-bond donors (Lipinski definition) is 1. The van der Waals surface area contributed by atoms with Crippen LogP contribution in [0.4, 0.5) is 0 Å². The molecule has 0 spiro atoms. The van der Waals surface area contributed by atoms with E-state index in [1.807, 2.05) is 0 Å². The maximum absolute atomic E-state index is 11.0. The van der Waals surface area contributed by atoms with Gasteiger partial charge < -0.3 is 5.11 Å². The summed E-state index contributed by atoms with van der Waals surface area (Å²) in [6.45, 7) is 8.69. The fourth-order valence-electron chi connectivity index (χ4n) is 3.50. The molecule has 1 fully saturated rings. The summed E-state index contributed by atoms with van der Waals surface area (Å²) in [5, 5.41) is 9.02. The fourth-order valence-corrected chi connectivity index (χ4v) is 3.50. The zero-order chi connectivity index (χ0) is 18.0. The second kappa shape index (κ2) is 10.9. The molecule has 0 aromatic rings. The van der Waals surface area contributed by atoms with Crippen molar-refractivity contribution in [1.82, 2.24) is 0 Å². The molecule has 0 saturated carbocycles. The summed E-state index contributed by atoms with van der Waals surface area (Å²) in [5.74, 6) is 0.131. The lowest BCUT2D eigenvalue weighted by molar-refractivity contribution is -0.409. The third-order valence-corrected chi connectivity index (χ3v) is 5.40. The van der Waals surface area contributed by atoms with Crippen LogP contribution in [0.5, 0.6) is 0 Å². The van der Waals surface area contributed by atoms with Crippen LogP contribution in [-0.4, -0.2) is 22.8 Å². The van der Waals surface area contributed by atoms with Crippen LogP contribution in [0.15, 0.2) is 12.2 Å². The number of carboxylic acid groups (broad SMARTS) is 1. The molecule has 0 amide bonds. The summed E-state index contributed by atoms with van der Waals surface area (Å²) >= 11 is 0. The predicted octanol–water partition coefficient (Wildman–Crippen LogP) is 5.52. The van der Waals surface area contributed by atoms with E-state index in [-0.39, 0.29) is 18.4 Å². The van der Waals surface area contributed by atoms with Gasteiger partial charge in [0.25, 0.3) is 0 Å². The van der Waals surface area contributed by atoms with Gasteiger partial charge in [0, 0.05) is 0 Å². The minimum Gasteiger partial charge on any atom is -0.481 e. The van der Waals surface area contributed by atoms with Crippen molar-refractivity contribution in [2.75, 3.05) is 0 Å². The lowest BCUT2D eigenvalue weighted by Crippen LogP contribution is -2.44. The summed E-state index contributed by atoms with van der Waals surface area (Å²) in [6, 6.07) is 0. The predicted molar refractivity (Wildman–Crippen MR) is 96.7 cm³/mol. The van der Waals surface area contributed by atoms with Gasteiger partial charge >= 0.3 is 5.97 Å². The zero-order valence-electron chi connectivity index (χ0n) is 15.9. The van der Waals surface area contributed by atoms with Crippen LogP contribution in [0.3, 0.4) is 0 Å². The molecule has 4 heteroatoms. The Morgan fingerprint density at radius 1 is 1.33 bits per heavy atom. The van der Waals surface area contributed by atoms with Gasteiger partial charge in [0.2, 0.25) is 0 Å². The van der Waals surface area contributed by atoms with Gasteiger partial charge in [-0.2, -0.15) is 0 Å². The lowest BCUT2D eigenvalue weighted by Gasteiger charge is -2.40. The molecule has 140 valence electrons. The van der Waals surface area contributed by atoms with Gasteiger partial charge in [-0.1, -0.05) is 72.0 Å². The Balaban J connectivity index is 2.66. The first-order valence-electron chi connectivity index (χ1n) is 9.74. The average molecular weight is 341 g/mol. The lowest BCUT2D eigenvalue weighted by atomic mass is 9.81. The number of carbonyl (C=O) groups is 1. The molecule has 0 bridgehead atoms. The van der Waals surface area contributed by atoms with Crippen LogP contribution in [0.25, 0.3) is 0 Å². The van der Waals surface area contributed by atoms with E-state index in [4.69, 9.17) is 14.9 Å². The van der Waals surface area contributed by atoms with E-state index in [1.54, 1.807) is 0 Å². The highest BCUT2D eigenvalue weighted by Crippen LogP contribution is 2.38. The van der Waals surface area contributed by atoms with Gasteiger partial charge in [0.05, 0.1) is 6.42 Å². The van der Waals surface area contributed by atoms with Crippen LogP contribution in [0.1, 0.15) is 85.5 Å². The van der Waals surface area contributed by atoms with E-state index >= 15 is 0 Å². The van der Waals surface area contributed by atoms with Crippen LogP contribution in [0, 0.1) is 11.8 Å². The number of unbranched alkanes of at least 4 members (excludes halogenated alkanes) is 1. The Morgan fingerprint density at radius 3 is 2.62 bits per heavy atom. The first-order chi connectivity index (χ1) is 11.5. The summed E-state index contributed by atoms with van der Waals surface area (Å²) in [4.78, 5) is 22.2. The van der Waals surface area contributed by atoms with Gasteiger partial charge in [-0.05, 0) is 31.1 Å². The van der Waals surface area contributed by atoms with E-state index in [9.17, 15) is 4.79 Å². The van der Waals surface area contributed by atoms with Crippen molar-refractivity contribution in [1.29, 1.82) is 0 Å². The van der Waals surface area contributed by atoms with Gasteiger partial charge in [-0.3, -0.25) is 4.79 Å². The summed E-state index contributed by atoms with van der Waals surface area (Å²) < 4.78 is 0. The van der Waals surface area contributed by atoms with Crippen molar-refractivity contribution in [3.05, 3.63) is 12.2 Å². The third-order valence-electron chi connectivity index (χ3n) is 5.40. The SMILES string of the molecule is CCCCC(CC)CC=CC1(CC)CC(CC)C(CC(=O)O)OO1. The minimum absolute atomic E-state index is 0.0109. The summed E-state index contributed by atoms with van der Waals surface area (Å²) in [6.07, 6.45) is 12.8. The summed E-state index contributed by atoms with van der Waals surface area (Å²) in [5.41, 5.74) is -0.404. The van der Waals surface area contributed by atoms with Crippen molar-refractivity contribution in [2.24, 2.45) is 11.8 Å². The monoisotopic (exact) mass is 340 g/mol. The van der Waals surface area contributed by atoms with Gasteiger partial charge in [-0.15, -0.1) is 0 Å². The van der Waals surface area contributed by atoms with Gasteiger partial charge in [-0.25, -0.2) is 9.78 Å². The molecule has 0 radical (unpaired) electrons. The second-order valence-electron chi connectivity index (χ2n) is 7.16. The molecule has 1 aliphatic rings. The maximum atomic E-state index is 11.0. The van der Waals surface area contributed by atoms with Crippen LogP contribution in [0.2, 0.25) is 0 Å². The van der Waals surface area contributed by atoms with Crippen LogP contribution in [-0.2, 0) is 14.6 Å². The van der Waals surface area contributed by atoms with Crippen LogP contribution >= 0.6 is 0 Å². The molecule has 4 unspecified atom stereocenters. The number of hydrogen-bond acceptors (Lipinski definition) is 3. The number of rotatable bonds is 11. The Kier molecular flexibility index (Phi) is 9.60. The standard InChI is InChI=1S/C20H36O4/c1-5-9-11-16(6-2)12-10-13-20(8-4)15-17(7-3)18(23-24-20)14-19(21)22/h10,13,16-18H,5-9,11-12,14-15H2,1-4H3,(H,21,22). The first-order valence-corrected chi connectivity index (χ1v) is 9.74. The second-order valence-corrected chi connectivity index (χ2v) is 7.16. The Hall–Kier alpha value is -0.870. The van der Waals surface area contributed by atoms with Gasteiger partial charge in [0.15, 0.2) is 0 Å². The van der Waals surface area contributed by atoms with E-state index in [0.29, 0.717) is 0 Å². The fraction of sp³-hybridized carbons (Fsp3) is 0.850. The zero-order valence-corrected chi connectivity index (χ0v) is 15.9. The molecule has 24 heavy (non-hydrogen) atoms. The summed E-state index contributed by atoms with van der Waals surface area (Å²) in [7, 11) is 0. The van der Waals surface area contributed by atoms with Crippen LogP contribution < -0.4 is 0 Å². The normalized spacial score (nSPS) is 29.0. The molecule has 1 N–H and O–H groups in total. The highest BCUT2D eigenvalue weighted by molar-refractivity contribution is 5.67. The van der Waals surface area contributed by atoms with E-state index < -0.39 is 11.6 Å². The number of allylic oxidation sites excluding steroid dienone is 1. The molecule has 1 saturated heterocycles. The number of aliphatic carboxylic acids is 1. The molecular formula is C20H36O4.